The average molecular weight is 356 g/mol. The SMILES string of the molecule is Cc1cc(OCC2(C(=O)OC(C)(C)C)CCC2)ncc1Br. The van der Waals surface area contributed by atoms with Crippen molar-refractivity contribution in [3.8, 4) is 5.88 Å². The first-order chi connectivity index (χ1) is 9.72. The smallest absolute Gasteiger partial charge is 0.316 e. The third-order valence-corrected chi connectivity index (χ3v) is 4.49. The Morgan fingerprint density at radius 3 is 2.57 bits per heavy atom. The zero-order chi connectivity index (χ0) is 15.7. The fraction of sp³-hybridized carbons (Fsp3) is 0.625. The lowest BCUT2D eigenvalue weighted by Crippen LogP contribution is -2.46. The molecule has 5 heteroatoms. The molecule has 0 spiro atoms. The lowest BCUT2D eigenvalue weighted by Gasteiger charge is -2.40. The second-order valence-electron chi connectivity index (χ2n) is 6.70. The number of ether oxygens (including phenoxy) is 2. The molecule has 1 aliphatic rings. The molecule has 0 atom stereocenters. The number of pyridine rings is 1. The number of nitrogens with zero attached hydrogens (tertiary/aromatic N) is 1. The normalized spacial score (nSPS) is 17.0. The summed E-state index contributed by atoms with van der Waals surface area (Å²) in [5.74, 6) is 0.389. The average Bonchev–Trinajstić information content (AvgIpc) is 2.30. The van der Waals surface area contributed by atoms with Gasteiger partial charge in [0.1, 0.15) is 17.6 Å². The van der Waals surface area contributed by atoms with Crippen LogP contribution in [0.15, 0.2) is 16.7 Å². The lowest BCUT2D eigenvalue weighted by molar-refractivity contribution is -0.176. The van der Waals surface area contributed by atoms with Gasteiger partial charge >= 0.3 is 5.97 Å². The first-order valence-corrected chi connectivity index (χ1v) is 8.00. The Morgan fingerprint density at radius 1 is 1.43 bits per heavy atom. The van der Waals surface area contributed by atoms with Crippen LogP contribution in [-0.2, 0) is 9.53 Å². The van der Waals surface area contributed by atoms with Gasteiger partial charge in [-0.1, -0.05) is 6.42 Å². The Balaban J connectivity index is 2.02. The Bertz CT molecular complexity index is 533. The molecule has 0 N–H and O–H groups in total. The molecule has 1 aromatic heterocycles. The maximum atomic E-state index is 12.4. The van der Waals surface area contributed by atoms with Gasteiger partial charge in [-0.2, -0.15) is 0 Å². The first kappa shape index (κ1) is 16.3. The van der Waals surface area contributed by atoms with E-state index in [4.69, 9.17) is 9.47 Å². The molecule has 0 aliphatic heterocycles. The van der Waals surface area contributed by atoms with Gasteiger partial charge in [-0.25, -0.2) is 4.98 Å². The molecule has 4 nitrogen and oxygen atoms in total. The van der Waals surface area contributed by atoms with Gasteiger partial charge in [-0.3, -0.25) is 4.79 Å². The van der Waals surface area contributed by atoms with Gasteiger partial charge in [0, 0.05) is 16.7 Å². The summed E-state index contributed by atoms with van der Waals surface area (Å²) in [4.78, 5) is 16.6. The maximum Gasteiger partial charge on any atom is 0.316 e. The fourth-order valence-electron chi connectivity index (χ4n) is 2.20. The lowest BCUT2D eigenvalue weighted by atomic mass is 9.69. The van der Waals surface area contributed by atoms with Gasteiger partial charge in [0.25, 0.3) is 0 Å². The molecule has 0 aromatic carbocycles. The molecule has 116 valence electrons. The van der Waals surface area contributed by atoms with Crippen molar-refractivity contribution in [2.75, 3.05) is 6.61 Å². The molecule has 0 bridgehead atoms. The quantitative estimate of drug-likeness (QED) is 0.764. The summed E-state index contributed by atoms with van der Waals surface area (Å²) in [6.07, 6.45) is 4.38. The number of aryl methyl sites for hydroxylation is 1. The molecule has 1 saturated carbocycles. The summed E-state index contributed by atoms with van der Waals surface area (Å²) in [7, 11) is 0. The summed E-state index contributed by atoms with van der Waals surface area (Å²) in [6, 6.07) is 1.87. The van der Waals surface area contributed by atoms with Crippen LogP contribution in [-0.4, -0.2) is 23.2 Å². The molecular weight excluding hydrogens is 334 g/mol. The fourth-order valence-corrected chi connectivity index (χ4v) is 2.42. The van der Waals surface area contributed by atoms with Crippen LogP contribution in [0.25, 0.3) is 0 Å². The summed E-state index contributed by atoms with van der Waals surface area (Å²) in [5.41, 5.74) is 0.0853. The molecule has 0 unspecified atom stereocenters. The van der Waals surface area contributed by atoms with Crippen LogP contribution < -0.4 is 4.74 Å². The second-order valence-corrected chi connectivity index (χ2v) is 7.55. The van der Waals surface area contributed by atoms with Crippen molar-refractivity contribution in [3.05, 3.63) is 22.3 Å². The zero-order valence-electron chi connectivity index (χ0n) is 13.0. The highest BCUT2D eigenvalue weighted by molar-refractivity contribution is 9.10. The highest BCUT2D eigenvalue weighted by atomic mass is 79.9. The van der Waals surface area contributed by atoms with Crippen LogP contribution in [0.4, 0.5) is 0 Å². The molecule has 2 rings (SSSR count). The Morgan fingerprint density at radius 2 is 2.10 bits per heavy atom. The van der Waals surface area contributed by atoms with E-state index in [0.717, 1.165) is 29.3 Å². The Kier molecular flexibility index (Phi) is 4.61. The van der Waals surface area contributed by atoms with Crippen LogP contribution in [0.2, 0.25) is 0 Å². The van der Waals surface area contributed by atoms with Crippen LogP contribution >= 0.6 is 15.9 Å². The molecular formula is C16H22BrNO3. The number of esters is 1. The van der Waals surface area contributed by atoms with E-state index in [2.05, 4.69) is 20.9 Å². The van der Waals surface area contributed by atoms with E-state index >= 15 is 0 Å². The number of hydrogen-bond acceptors (Lipinski definition) is 4. The number of aromatic nitrogens is 1. The van der Waals surface area contributed by atoms with E-state index in [9.17, 15) is 4.79 Å². The number of rotatable bonds is 4. The largest absolute Gasteiger partial charge is 0.476 e. The minimum Gasteiger partial charge on any atom is -0.476 e. The van der Waals surface area contributed by atoms with Crippen molar-refractivity contribution in [2.45, 2.75) is 52.6 Å². The Hall–Kier alpha value is -1.10. The summed E-state index contributed by atoms with van der Waals surface area (Å²) in [6.45, 7) is 7.97. The first-order valence-electron chi connectivity index (χ1n) is 7.20. The van der Waals surface area contributed by atoms with E-state index in [0.29, 0.717) is 12.5 Å². The summed E-state index contributed by atoms with van der Waals surface area (Å²) in [5, 5.41) is 0. The molecule has 1 aliphatic carbocycles. The van der Waals surface area contributed by atoms with Crippen molar-refractivity contribution in [2.24, 2.45) is 5.41 Å². The second kappa shape index (κ2) is 5.95. The van der Waals surface area contributed by atoms with Gasteiger partial charge < -0.3 is 9.47 Å². The Labute approximate surface area is 134 Å². The molecule has 0 radical (unpaired) electrons. The molecule has 1 aromatic rings. The number of carbonyl (C=O) groups is 1. The molecule has 0 saturated heterocycles. The van der Waals surface area contributed by atoms with Crippen molar-refractivity contribution in [3.63, 3.8) is 0 Å². The van der Waals surface area contributed by atoms with Gasteiger partial charge in [0.15, 0.2) is 0 Å². The highest BCUT2D eigenvalue weighted by Gasteiger charge is 2.47. The van der Waals surface area contributed by atoms with Gasteiger partial charge in [-0.05, 0) is 62.0 Å². The maximum absolute atomic E-state index is 12.4. The number of halogens is 1. The van der Waals surface area contributed by atoms with E-state index < -0.39 is 11.0 Å². The third-order valence-electron chi connectivity index (χ3n) is 3.66. The summed E-state index contributed by atoms with van der Waals surface area (Å²) < 4.78 is 12.2. The minimum atomic E-state index is -0.504. The van der Waals surface area contributed by atoms with Crippen molar-refractivity contribution in [1.29, 1.82) is 0 Å². The summed E-state index contributed by atoms with van der Waals surface area (Å²) >= 11 is 3.41. The van der Waals surface area contributed by atoms with Gasteiger partial charge in [0.2, 0.25) is 5.88 Å². The standard InChI is InChI=1S/C16H22BrNO3/c1-11-8-13(18-9-12(11)17)20-10-16(6-5-7-16)14(19)21-15(2,3)4/h8-9H,5-7,10H2,1-4H3. The van der Waals surface area contributed by atoms with E-state index in [1.807, 2.05) is 33.8 Å². The van der Waals surface area contributed by atoms with Crippen LogP contribution in [0.3, 0.4) is 0 Å². The van der Waals surface area contributed by atoms with E-state index in [1.165, 1.54) is 0 Å². The van der Waals surface area contributed by atoms with Crippen LogP contribution in [0.5, 0.6) is 5.88 Å². The van der Waals surface area contributed by atoms with Crippen LogP contribution in [0, 0.1) is 12.3 Å². The molecule has 0 amide bonds. The topological polar surface area (TPSA) is 48.4 Å². The highest BCUT2D eigenvalue weighted by Crippen LogP contribution is 2.43. The third kappa shape index (κ3) is 3.96. The zero-order valence-corrected chi connectivity index (χ0v) is 14.6. The minimum absolute atomic E-state index is 0.157. The van der Waals surface area contributed by atoms with Crippen LogP contribution in [0.1, 0.15) is 45.6 Å². The van der Waals surface area contributed by atoms with Crippen molar-refractivity contribution < 1.29 is 14.3 Å². The van der Waals surface area contributed by atoms with E-state index in [1.54, 1.807) is 6.20 Å². The molecule has 21 heavy (non-hydrogen) atoms. The molecule has 1 fully saturated rings. The predicted octanol–water partition coefficient (Wildman–Crippen LogP) is 4.04. The number of carbonyl (C=O) groups excluding carboxylic acids is 1. The molecule has 1 heterocycles. The predicted molar refractivity (Wildman–Crippen MR) is 84.3 cm³/mol. The van der Waals surface area contributed by atoms with Gasteiger partial charge in [0.05, 0.1) is 0 Å². The van der Waals surface area contributed by atoms with E-state index in [-0.39, 0.29) is 5.97 Å². The number of hydrogen-bond donors (Lipinski definition) is 0. The van der Waals surface area contributed by atoms with Gasteiger partial charge in [-0.15, -0.1) is 0 Å². The van der Waals surface area contributed by atoms with Crippen molar-refractivity contribution >= 4 is 21.9 Å². The monoisotopic (exact) mass is 355 g/mol. The van der Waals surface area contributed by atoms with Crippen molar-refractivity contribution in [1.82, 2.24) is 4.98 Å².